The van der Waals surface area contributed by atoms with Gasteiger partial charge in [0.2, 0.25) is 5.91 Å². The average molecular weight is 443 g/mol. The monoisotopic (exact) mass is 442 g/mol. The van der Waals surface area contributed by atoms with Crippen LogP contribution < -0.4 is 5.32 Å². The van der Waals surface area contributed by atoms with E-state index in [0.717, 1.165) is 16.8 Å². The Morgan fingerprint density at radius 3 is 2.47 bits per heavy atom. The molecule has 1 aromatic heterocycles. The van der Waals surface area contributed by atoms with E-state index in [2.05, 4.69) is 15.2 Å². The number of carbonyl (C=O) groups excluding carboxylic acids is 2. The number of nitrogens with one attached hydrogen (secondary N) is 1. The van der Waals surface area contributed by atoms with Gasteiger partial charge < -0.3 is 10.2 Å². The van der Waals surface area contributed by atoms with Gasteiger partial charge in [-0.2, -0.15) is 0 Å². The van der Waals surface area contributed by atoms with Crippen molar-refractivity contribution in [2.45, 2.75) is 39.4 Å². The number of aromatic nitrogens is 1. The minimum atomic E-state index is -0.835. The highest BCUT2D eigenvalue weighted by molar-refractivity contribution is 6.04. The summed E-state index contributed by atoms with van der Waals surface area (Å²) in [6.07, 6.45) is 1.35. The van der Waals surface area contributed by atoms with Crippen molar-refractivity contribution in [3.63, 3.8) is 0 Å². The molecule has 0 atom stereocenters. The number of anilines is 1. The molecule has 2 fully saturated rings. The molecule has 2 heterocycles. The van der Waals surface area contributed by atoms with Crippen LogP contribution in [-0.4, -0.2) is 58.9 Å². The summed E-state index contributed by atoms with van der Waals surface area (Å²) in [4.78, 5) is 33.1. The number of nitrogens with zero attached hydrogens (tertiary/aromatic N) is 3. The van der Waals surface area contributed by atoms with Crippen LogP contribution in [0.1, 0.15) is 40.0 Å². The number of alkyl halides is 1. The molecule has 1 saturated carbocycles. The highest BCUT2D eigenvalue weighted by atomic mass is 19.1. The zero-order valence-corrected chi connectivity index (χ0v) is 18.4. The van der Waals surface area contributed by atoms with Gasteiger partial charge in [-0.3, -0.25) is 19.5 Å². The highest BCUT2D eigenvalue weighted by Gasteiger charge is 2.37. The first-order valence-corrected chi connectivity index (χ1v) is 11.0. The third kappa shape index (κ3) is 4.96. The second-order valence-electron chi connectivity index (χ2n) is 8.75. The zero-order chi connectivity index (χ0) is 22.8. The molecule has 2 aliphatic rings. The van der Waals surface area contributed by atoms with E-state index in [0.29, 0.717) is 56.8 Å². The molecule has 1 aliphatic heterocycles. The Morgan fingerprint density at radius 2 is 1.84 bits per heavy atom. The molecule has 32 heavy (non-hydrogen) atoms. The minimum Gasteiger partial charge on any atom is -0.340 e. The van der Waals surface area contributed by atoms with Crippen LogP contribution in [0.15, 0.2) is 30.5 Å². The van der Waals surface area contributed by atoms with Gasteiger partial charge in [-0.25, -0.2) is 8.78 Å². The second-order valence-corrected chi connectivity index (χ2v) is 8.75. The largest absolute Gasteiger partial charge is 0.340 e. The number of hydrogen-bond donors (Lipinski definition) is 1. The van der Waals surface area contributed by atoms with Gasteiger partial charge in [-0.15, -0.1) is 0 Å². The number of rotatable bonds is 5. The Bertz CT molecular complexity index is 998. The van der Waals surface area contributed by atoms with Crippen molar-refractivity contribution < 1.29 is 18.4 Å². The Morgan fingerprint density at radius 1 is 1.12 bits per heavy atom. The summed E-state index contributed by atoms with van der Waals surface area (Å²) in [5.41, 5.74) is 3.26. The Labute approximate surface area is 186 Å². The van der Waals surface area contributed by atoms with Crippen molar-refractivity contribution in [3.05, 3.63) is 58.7 Å². The van der Waals surface area contributed by atoms with Crippen LogP contribution in [0.3, 0.4) is 0 Å². The zero-order valence-electron chi connectivity index (χ0n) is 18.4. The maximum atomic E-state index is 14.3. The first kappa shape index (κ1) is 22.3. The van der Waals surface area contributed by atoms with Gasteiger partial charge in [0.15, 0.2) is 0 Å². The van der Waals surface area contributed by atoms with E-state index in [4.69, 9.17) is 0 Å². The van der Waals surface area contributed by atoms with E-state index in [-0.39, 0.29) is 17.7 Å². The van der Waals surface area contributed by atoms with Crippen molar-refractivity contribution in [2.24, 2.45) is 5.92 Å². The molecule has 4 rings (SSSR count). The smallest absolute Gasteiger partial charge is 0.257 e. The fraction of sp³-hybridized carbons (Fsp3) is 0.458. The number of pyridine rings is 1. The number of carbonyl (C=O) groups is 2. The molecule has 2 amide bonds. The molecule has 170 valence electrons. The molecule has 0 spiro atoms. The Balaban J connectivity index is 1.38. The van der Waals surface area contributed by atoms with E-state index >= 15 is 0 Å². The number of piperazine rings is 1. The molecule has 6 nitrogen and oxygen atoms in total. The third-order valence-corrected chi connectivity index (χ3v) is 6.41. The normalized spacial score (nSPS) is 21.2. The number of hydrogen-bond acceptors (Lipinski definition) is 4. The second kappa shape index (κ2) is 9.32. The summed E-state index contributed by atoms with van der Waals surface area (Å²) < 4.78 is 27.4. The molecule has 0 bridgehead atoms. The molecular weight excluding hydrogens is 414 g/mol. The standard InChI is InChI=1S/C24H28F2N4O2/c1-15-3-4-17(13-27-15)23(31)28-22-12-21(26)11-19(16(22)2)14-29-5-7-30(8-6-29)24(32)18-9-20(25)10-18/h3-4,11-13,18,20H,5-10,14H2,1-2H3,(H,28,31). The van der Waals surface area contributed by atoms with Crippen LogP contribution in [0, 0.1) is 25.6 Å². The van der Waals surface area contributed by atoms with Gasteiger partial charge in [0.25, 0.3) is 5.91 Å². The van der Waals surface area contributed by atoms with Gasteiger partial charge in [0, 0.05) is 56.2 Å². The van der Waals surface area contributed by atoms with Gasteiger partial charge in [-0.05, 0) is 62.1 Å². The summed E-state index contributed by atoms with van der Waals surface area (Å²) >= 11 is 0. The average Bonchev–Trinajstić information content (AvgIpc) is 2.75. The first-order chi connectivity index (χ1) is 15.3. The van der Waals surface area contributed by atoms with E-state index in [1.54, 1.807) is 12.1 Å². The van der Waals surface area contributed by atoms with E-state index in [1.165, 1.54) is 18.3 Å². The SMILES string of the molecule is Cc1ccc(C(=O)Nc2cc(F)cc(CN3CCN(C(=O)C4CC(F)C4)CC3)c2C)cn1. The lowest BCUT2D eigenvalue weighted by atomic mass is 9.82. The lowest BCUT2D eigenvalue weighted by Crippen LogP contribution is -2.51. The fourth-order valence-corrected chi connectivity index (χ4v) is 4.20. The van der Waals surface area contributed by atoms with Gasteiger partial charge >= 0.3 is 0 Å². The maximum absolute atomic E-state index is 14.3. The molecule has 1 N–H and O–H groups in total. The molecular formula is C24H28F2N4O2. The lowest BCUT2D eigenvalue weighted by molar-refractivity contribution is -0.142. The lowest BCUT2D eigenvalue weighted by Gasteiger charge is -2.39. The van der Waals surface area contributed by atoms with Gasteiger partial charge in [0.05, 0.1) is 5.56 Å². The predicted molar refractivity (Wildman–Crippen MR) is 118 cm³/mol. The Kier molecular flexibility index (Phi) is 6.50. The maximum Gasteiger partial charge on any atom is 0.257 e. The fourth-order valence-electron chi connectivity index (χ4n) is 4.20. The highest BCUT2D eigenvalue weighted by Crippen LogP contribution is 2.32. The van der Waals surface area contributed by atoms with Crippen molar-refractivity contribution in [1.82, 2.24) is 14.8 Å². The van der Waals surface area contributed by atoms with E-state index < -0.39 is 12.0 Å². The van der Waals surface area contributed by atoms with Crippen LogP contribution in [0.4, 0.5) is 14.5 Å². The van der Waals surface area contributed by atoms with Crippen LogP contribution >= 0.6 is 0 Å². The molecule has 2 aromatic rings. The summed E-state index contributed by atoms with van der Waals surface area (Å²) in [7, 11) is 0. The van der Waals surface area contributed by atoms with E-state index in [1.807, 2.05) is 18.7 Å². The number of halogens is 2. The summed E-state index contributed by atoms with van der Waals surface area (Å²) in [5, 5.41) is 2.79. The van der Waals surface area contributed by atoms with Crippen molar-refractivity contribution in [1.29, 1.82) is 0 Å². The molecule has 0 radical (unpaired) electrons. The molecule has 8 heteroatoms. The minimum absolute atomic E-state index is 0.0519. The van der Waals surface area contributed by atoms with Crippen LogP contribution in [0.5, 0.6) is 0 Å². The predicted octanol–water partition coefficient (Wildman–Crippen LogP) is 3.48. The molecule has 1 aromatic carbocycles. The molecule has 1 saturated heterocycles. The van der Waals surface area contributed by atoms with Gasteiger partial charge in [-0.1, -0.05) is 0 Å². The third-order valence-electron chi connectivity index (χ3n) is 6.41. The number of amides is 2. The number of benzene rings is 1. The quantitative estimate of drug-likeness (QED) is 0.770. The van der Waals surface area contributed by atoms with E-state index in [9.17, 15) is 18.4 Å². The molecule has 0 unspecified atom stereocenters. The van der Waals surface area contributed by atoms with Crippen LogP contribution in [0.2, 0.25) is 0 Å². The van der Waals surface area contributed by atoms with Crippen molar-refractivity contribution in [2.75, 3.05) is 31.5 Å². The summed E-state index contributed by atoms with van der Waals surface area (Å²) in [6, 6.07) is 6.26. The summed E-state index contributed by atoms with van der Waals surface area (Å²) in [6.45, 7) is 6.74. The Hall–Kier alpha value is -2.87. The summed E-state index contributed by atoms with van der Waals surface area (Å²) in [5.74, 6) is -0.869. The molecule has 1 aliphatic carbocycles. The van der Waals surface area contributed by atoms with Gasteiger partial charge in [0.1, 0.15) is 12.0 Å². The topological polar surface area (TPSA) is 65.5 Å². The van der Waals surface area contributed by atoms with Crippen molar-refractivity contribution in [3.8, 4) is 0 Å². The first-order valence-electron chi connectivity index (χ1n) is 11.0. The van der Waals surface area contributed by atoms with Crippen LogP contribution in [-0.2, 0) is 11.3 Å². The van der Waals surface area contributed by atoms with Crippen molar-refractivity contribution >= 4 is 17.5 Å². The van der Waals surface area contributed by atoms with Crippen LogP contribution in [0.25, 0.3) is 0 Å². The number of aryl methyl sites for hydroxylation is 1.